The van der Waals surface area contributed by atoms with Crippen LogP contribution in [0.1, 0.15) is 11.1 Å². The number of rotatable bonds is 3. The molecule has 0 saturated carbocycles. The Balaban J connectivity index is 1.92. The minimum Gasteiger partial charge on any atom is -0.399 e. The van der Waals surface area contributed by atoms with Gasteiger partial charge in [0.25, 0.3) is 0 Å². The third-order valence-corrected chi connectivity index (χ3v) is 4.76. The van der Waals surface area contributed by atoms with Crippen molar-refractivity contribution in [2.45, 2.75) is 10.6 Å². The first-order valence-corrected chi connectivity index (χ1v) is 7.72. The average molecular weight is 314 g/mol. The summed E-state index contributed by atoms with van der Waals surface area (Å²) in [6.07, 6.45) is 3.93. The molecular weight excluding hydrogens is 302 g/mol. The van der Waals surface area contributed by atoms with Crippen molar-refractivity contribution in [1.82, 2.24) is 4.40 Å². The van der Waals surface area contributed by atoms with Crippen LogP contribution in [-0.2, 0) is 5.75 Å². The number of hydrogen-bond acceptors (Lipinski definition) is 3. The van der Waals surface area contributed by atoms with Gasteiger partial charge in [0.15, 0.2) is 0 Å². The van der Waals surface area contributed by atoms with Gasteiger partial charge in [0.2, 0.25) is 0 Å². The molecule has 3 aromatic rings. The average Bonchev–Trinajstić information content (AvgIpc) is 2.85. The van der Waals surface area contributed by atoms with E-state index in [1.807, 2.05) is 41.1 Å². The topological polar surface area (TPSA) is 54.2 Å². The lowest BCUT2D eigenvalue weighted by Crippen LogP contribution is -1.86. The predicted molar refractivity (Wildman–Crippen MR) is 87.5 cm³/mol. The molecule has 1 aromatic carbocycles. The summed E-state index contributed by atoms with van der Waals surface area (Å²) in [4.78, 5) is 0.927. The van der Waals surface area contributed by atoms with Gasteiger partial charge in [0, 0.05) is 28.7 Å². The molecule has 104 valence electrons. The van der Waals surface area contributed by atoms with Gasteiger partial charge >= 0.3 is 0 Å². The second-order valence-corrected chi connectivity index (χ2v) is 6.04. The van der Waals surface area contributed by atoms with Gasteiger partial charge in [-0.2, -0.15) is 5.26 Å². The van der Waals surface area contributed by atoms with E-state index in [1.165, 1.54) is 0 Å². The van der Waals surface area contributed by atoms with Gasteiger partial charge in [0.05, 0.1) is 16.1 Å². The molecule has 0 aliphatic rings. The van der Waals surface area contributed by atoms with Gasteiger partial charge in [0.1, 0.15) is 6.07 Å². The minimum atomic E-state index is 0.674. The fraction of sp³-hybridized carbons (Fsp3) is 0.0625. The van der Waals surface area contributed by atoms with Gasteiger partial charge in [-0.25, -0.2) is 0 Å². The van der Waals surface area contributed by atoms with E-state index >= 15 is 0 Å². The normalized spacial score (nSPS) is 10.7. The minimum absolute atomic E-state index is 0.674. The van der Waals surface area contributed by atoms with E-state index in [9.17, 15) is 5.26 Å². The van der Waals surface area contributed by atoms with Crippen LogP contribution in [0.5, 0.6) is 0 Å². The number of anilines is 1. The highest BCUT2D eigenvalue weighted by atomic mass is 35.5. The van der Waals surface area contributed by atoms with Crippen molar-refractivity contribution in [3.8, 4) is 6.07 Å². The Labute approximate surface area is 131 Å². The van der Waals surface area contributed by atoms with E-state index in [4.69, 9.17) is 17.3 Å². The zero-order valence-electron chi connectivity index (χ0n) is 11.1. The molecule has 2 aromatic heterocycles. The largest absolute Gasteiger partial charge is 0.399 e. The number of fused-ring (bicyclic) bond motifs is 1. The highest BCUT2D eigenvalue weighted by molar-refractivity contribution is 7.98. The fourth-order valence-electron chi connectivity index (χ4n) is 2.20. The maximum absolute atomic E-state index is 9.38. The first-order valence-electron chi connectivity index (χ1n) is 6.35. The number of pyridine rings is 1. The first kappa shape index (κ1) is 13.9. The first-order chi connectivity index (χ1) is 10.2. The molecule has 0 saturated heterocycles. The number of aromatic nitrogens is 1. The number of nitrogens with zero attached hydrogens (tertiary/aromatic N) is 2. The molecule has 3 nitrogen and oxygen atoms in total. The molecule has 3 rings (SSSR count). The van der Waals surface area contributed by atoms with Crippen molar-refractivity contribution < 1.29 is 0 Å². The molecule has 0 amide bonds. The highest BCUT2D eigenvalue weighted by Crippen LogP contribution is 2.33. The summed E-state index contributed by atoms with van der Waals surface area (Å²) in [7, 11) is 0. The molecular formula is C16H12ClN3S. The summed E-state index contributed by atoms with van der Waals surface area (Å²) in [5.41, 5.74) is 9.10. The van der Waals surface area contributed by atoms with Crippen LogP contribution in [0.2, 0.25) is 5.02 Å². The maximum Gasteiger partial charge on any atom is 0.102 e. The molecule has 5 heteroatoms. The standard InChI is InChI=1S/C16H12ClN3S/c17-14-5-4-12(19)7-16(14)21-10-11-9-20-6-2-1-3-15(20)13(11)8-18/h1-7,9H,10,19H2. The number of nitrogen functional groups attached to an aromatic ring is 1. The summed E-state index contributed by atoms with van der Waals surface area (Å²) in [5.74, 6) is 0.674. The molecule has 0 radical (unpaired) electrons. The number of halogens is 1. The lowest BCUT2D eigenvalue weighted by atomic mass is 10.2. The van der Waals surface area contributed by atoms with E-state index in [0.29, 0.717) is 22.0 Å². The van der Waals surface area contributed by atoms with E-state index in [1.54, 1.807) is 23.9 Å². The lowest BCUT2D eigenvalue weighted by molar-refractivity contribution is 1.18. The van der Waals surface area contributed by atoms with Gasteiger partial charge in [-0.3, -0.25) is 0 Å². The molecule has 21 heavy (non-hydrogen) atoms. The summed E-state index contributed by atoms with van der Waals surface area (Å²) < 4.78 is 1.97. The molecule has 0 aliphatic heterocycles. The Hall–Kier alpha value is -2.09. The molecule has 0 atom stereocenters. The summed E-state index contributed by atoms with van der Waals surface area (Å²) in [6, 6.07) is 13.5. The molecule has 2 heterocycles. The number of nitrogens with two attached hydrogens (primary N) is 1. The van der Waals surface area contributed by atoms with Crippen LogP contribution in [0, 0.1) is 11.3 Å². The predicted octanol–water partition coefficient (Wildman–Crippen LogP) is 4.34. The number of thioether (sulfide) groups is 1. The van der Waals surface area contributed by atoms with Crippen molar-refractivity contribution in [2.24, 2.45) is 0 Å². The lowest BCUT2D eigenvalue weighted by Gasteiger charge is -2.04. The fourth-order valence-corrected chi connectivity index (χ4v) is 3.44. The number of benzene rings is 1. The van der Waals surface area contributed by atoms with Crippen LogP contribution < -0.4 is 5.73 Å². The Morgan fingerprint density at radius 2 is 2.14 bits per heavy atom. The maximum atomic E-state index is 9.38. The highest BCUT2D eigenvalue weighted by Gasteiger charge is 2.11. The summed E-state index contributed by atoms with van der Waals surface area (Å²) in [6.45, 7) is 0. The van der Waals surface area contributed by atoms with Crippen LogP contribution >= 0.6 is 23.4 Å². The second kappa shape index (κ2) is 5.72. The van der Waals surface area contributed by atoms with Gasteiger partial charge in [-0.15, -0.1) is 11.8 Å². The van der Waals surface area contributed by atoms with Crippen molar-refractivity contribution in [3.63, 3.8) is 0 Å². The van der Waals surface area contributed by atoms with Crippen LogP contribution in [0.15, 0.2) is 53.7 Å². The van der Waals surface area contributed by atoms with Crippen LogP contribution in [0.3, 0.4) is 0 Å². The van der Waals surface area contributed by atoms with Gasteiger partial charge in [-0.05, 0) is 35.9 Å². The van der Waals surface area contributed by atoms with Gasteiger partial charge in [-0.1, -0.05) is 17.7 Å². The quantitative estimate of drug-likeness (QED) is 0.578. The Bertz CT molecular complexity index is 848. The van der Waals surface area contributed by atoms with E-state index in [0.717, 1.165) is 16.0 Å². The summed E-state index contributed by atoms with van der Waals surface area (Å²) in [5, 5.41) is 10.1. The van der Waals surface area contributed by atoms with Crippen molar-refractivity contribution >= 4 is 34.6 Å². The third kappa shape index (κ3) is 2.71. The van der Waals surface area contributed by atoms with E-state index in [-0.39, 0.29) is 0 Å². The summed E-state index contributed by atoms with van der Waals surface area (Å²) >= 11 is 7.75. The van der Waals surface area contributed by atoms with Crippen LogP contribution in [0.25, 0.3) is 5.52 Å². The number of hydrogen-bond donors (Lipinski definition) is 1. The zero-order chi connectivity index (χ0) is 14.8. The second-order valence-electron chi connectivity index (χ2n) is 4.61. The Morgan fingerprint density at radius 1 is 1.29 bits per heavy atom. The van der Waals surface area contributed by atoms with Gasteiger partial charge < -0.3 is 10.1 Å². The van der Waals surface area contributed by atoms with Crippen molar-refractivity contribution in [1.29, 1.82) is 5.26 Å². The molecule has 0 unspecified atom stereocenters. The monoisotopic (exact) mass is 313 g/mol. The van der Waals surface area contributed by atoms with E-state index in [2.05, 4.69) is 6.07 Å². The smallest absolute Gasteiger partial charge is 0.102 e. The third-order valence-electron chi connectivity index (χ3n) is 3.21. The zero-order valence-corrected chi connectivity index (χ0v) is 12.7. The number of nitriles is 1. The molecule has 0 aliphatic carbocycles. The van der Waals surface area contributed by atoms with Crippen molar-refractivity contribution in [2.75, 3.05) is 5.73 Å². The van der Waals surface area contributed by atoms with E-state index < -0.39 is 0 Å². The molecule has 0 fully saturated rings. The molecule has 0 spiro atoms. The SMILES string of the molecule is N#Cc1c(CSc2cc(N)ccc2Cl)cn2ccccc12. The van der Waals surface area contributed by atoms with Crippen molar-refractivity contribution in [3.05, 3.63) is 64.9 Å². The molecule has 2 N–H and O–H groups in total. The molecule has 0 bridgehead atoms. The van der Waals surface area contributed by atoms with Crippen LogP contribution in [-0.4, -0.2) is 4.40 Å². The Morgan fingerprint density at radius 3 is 2.95 bits per heavy atom. The Kier molecular flexibility index (Phi) is 3.78. The van der Waals surface area contributed by atoms with Crippen LogP contribution in [0.4, 0.5) is 5.69 Å².